The molecule has 0 heterocycles. The van der Waals surface area contributed by atoms with E-state index >= 15 is 0 Å². The van der Waals surface area contributed by atoms with Crippen LogP contribution in [0, 0.1) is 12.8 Å². The molecule has 0 aliphatic heterocycles. The first-order chi connectivity index (χ1) is 6.67. The number of phenolic OH excluding ortho intramolecular Hbond substituents is 1. The maximum Gasteiger partial charge on any atom is 0.115 e. The minimum absolute atomic E-state index is 0.108. The van der Waals surface area contributed by atoms with Gasteiger partial charge in [0, 0.05) is 6.61 Å². The van der Waals surface area contributed by atoms with E-state index in [-0.39, 0.29) is 18.3 Å². The predicted octanol–water partition coefficient (Wildman–Crippen LogP) is 0.810. The SMILES string of the molecule is Cc1cc(O)ccc1CC(CN)CO. The van der Waals surface area contributed by atoms with Crippen LogP contribution >= 0.6 is 0 Å². The number of hydrogen-bond acceptors (Lipinski definition) is 3. The van der Waals surface area contributed by atoms with Crippen LogP contribution in [0.4, 0.5) is 0 Å². The van der Waals surface area contributed by atoms with Gasteiger partial charge >= 0.3 is 0 Å². The summed E-state index contributed by atoms with van der Waals surface area (Å²) in [4.78, 5) is 0. The monoisotopic (exact) mass is 195 g/mol. The lowest BCUT2D eigenvalue weighted by Crippen LogP contribution is -2.20. The highest BCUT2D eigenvalue weighted by Gasteiger charge is 2.08. The van der Waals surface area contributed by atoms with Crippen molar-refractivity contribution in [3.63, 3.8) is 0 Å². The number of aliphatic hydroxyl groups excluding tert-OH is 1. The lowest BCUT2D eigenvalue weighted by Gasteiger charge is -2.13. The smallest absolute Gasteiger partial charge is 0.115 e. The van der Waals surface area contributed by atoms with Crippen LogP contribution in [0.1, 0.15) is 11.1 Å². The number of aromatic hydroxyl groups is 1. The van der Waals surface area contributed by atoms with Crippen molar-refractivity contribution in [1.82, 2.24) is 0 Å². The fourth-order valence-corrected chi connectivity index (χ4v) is 1.44. The van der Waals surface area contributed by atoms with Crippen LogP contribution in [-0.4, -0.2) is 23.4 Å². The molecule has 0 aromatic heterocycles. The van der Waals surface area contributed by atoms with Crippen LogP contribution in [0.3, 0.4) is 0 Å². The highest BCUT2D eigenvalue weighted by atomic mass is 16.3. The zero-order valence-corrected chi connectivity index (χ0v) is 8.40. The third-order valence-electron chi connectivity index (χ3n) is 2.43. The van der Waals surface area contributed by atoms with E-state index < -0.39 is 0 Å². The van der Waals surface area contributed by atoms with Crippen LogP contribution in [0.2, 0.25) is 0 Å². The van der Waals surface area contributed by atoms with Gasteiger partial charge in [0.25, 0.3) is 0 Å². The molecule has 0 radical (unpaired) electrons. The van der Waals surface area contributed by atoms with Crippen molar-refractivity contribution in [2.45, 2.75) is 13.3 Å². The second-order valence-corrected chi connectivity index (χ2v) is 3.60. The first-order valence-corrected chi connectivity index (χ1v) is 4.76. The highest BCUT2D eigenvalue weighted by Crippen LogP contribution is 2.18. The molecular formula is C11H17NO2. The van der Waals surface area contributed by atoms with Gasteiger partial charge in [0.15, 0.2) is 0 Å². The zero-order valence-electron chi connectivity index (χ0n) is 8.40. The van der Waals surface area contributed by atoms with E-state index in [1.807, 2.05) is 13.0 Å². The number of phenols is 1. The molecule has 0 amide bonds. The van der Waals surface area contributed by atoms with Gasteiger partial charge in [-0.05, 0) is 49.1 Å². The average Bonchev–Trinajstić information content (AvgIpc) is 2.17. The minimum atomic E-state index is 0.108. The quantitative estimate of drug-likeness (QED) is 0.666. The number of aliphatic hydroxyl groups is 1. The fourth-order valence-electron chi connectivity index (χ4n) is 1.44. The van der Waals surface area contributed by atoms with Crippen molar-refractivity contribution in [1.29, 1.82) is 0 Å². The van der Waals surface area contributed by atoms with Crippen LogP contribution in [0.25, 0.3) is 0 Å². The molecule has 1 atom stereocenters. The number of benzene rings is 1. The maximum atomic E-state index is 9.21. The molecule has 0 saturated carbocycles. The van der Waals surface area contributed by atoms with Gasteiger partial charge in [-0.1, -0.05) is 6.07 Å². The molecule has 78 valence electrons. The van der Waals surface area contributed by atoms with E-state index in [4.69, 9.17) is 10.8 Å². The predicted molar refractivity (Wildman–Crippen MR) is 56.2 cm³/mol. The van der Waals surface area contributed by atoms with E-state index in [9.17, 15) is 5.11 Å². The van der Waals surface area contributed by atoms with E-state index in [2.05, 4.69) is 0 Å². The van der Waals surface area contributed by atoms with Crippen molar-refractivity contribution in [2.75, 3.05) is 13.2 Å². The molecule has 1 aromatic carbocycles. The molecule has 3 nitrogen and oxygen atoms in total. The van der Waals surface area contributed by atoms with Gasteiger partial charge in [-0.15, -0.1) is 0 Å². The summed E-state index contributed by atoms with van der Waals surface area (Å²) in [6.07, 6.45) is 0.763. The van der Waals surface area contributed by atoms with E-state index in [0.717, 1.165) is 17.5 Å². The second kappa shape index (κ2) is 4.98. The van der Waals surface area contributed by atoms with E-state index in [1.165, 1.54) is 0 Å². The Bertz CT molecular complexity index is 295. The molecular weight excluding hydrogens is 178 g/mol. The largest absolute Gasteiger partial charge is 0.508 e. The summed E-state index contributed by atoms with van der Waals surface area (Å²) in [7, 11) is 0. The molecule has 0 bridgehead atoms. The van der Waals surface area contributed by atoms with Crippen LogP contribution in [0.5, 0.6) is 5.75 Å². The summed E-state index contributed by atoms with van der Waals surface area (Å²) in [5.74, 6) is 0.387. The molecule has 1 rings (SSSR count). The number of rotatable bonds is 4. The van der Waals surface area contributed by atoms with Gasteiger partial charge in [-0.3, -0.25) is 0 Å². The molecule has 1 aromatic rings. The van der Waals surface area contributed by atoms with Crippen molar-refractivity contribution >= 4 is 0 Å². The number of aryl methyl sites for hydroxylation is 1. The van der Waals surface area contributed by atoms with Gasteiger partial charge < -0.3 is 15.9 Å². The summed E-state index contributed by atoms with van der Waals surface area (Å²) < 4.78 is 0. The minimum Gasteiger partial charge on any atom is -0.508 e. The van der Waals surface area contributed by atoms with Crippen LogP contribution < -0.4 is 5.73 Å². The van der Waals surface area contributed by atoms with Gasteiger partial charge in [0.2, 0.25) is 0 Å². The standard InChI is InChI=1S/C11H17NO2/c1-8-4-11(14)3-2-10(8)5-9(6-12)7-13/h2-4,9,13-14H,5-7,12H2,1H3. The van der Waals surface area contributed by atoms with E-state index in [1.54, 1.807) is 12.1 Å². The lowest BCUT2D eigenvalue weighted by atomic mass is 9.96. The lowest BCUT2D eigenvalue weighted by molar-refractivity contribution is 0.229. The second-order valence-electron chi connectivity index (χ2n) is 3.60. The first-order valence-electron chi connectivity index (χ1n) is 4.76. The van der Waals surface area contributed by atoms with Crippen molar-refractivity contribution in [3.05, 3.63) is 29.3 Å². The normalized spacial score (nSPS) is 12.8. The van der Waals surface area contributed by atoms with Crippen molar-refractivity contribution in [3.8, 4) is 5.75 Å². The van der Waals surface area contributed by atoms with Gasteiger partial charge in [0.1, 0.15) is 5.75 Å². The Hall–Kier alpha value is -1.06. The zero-order chi connectivity index (χ0) is 10.6. The van der Waals surface area contributed by atoms with Crippen LogP contribution in [0.15, 0.2) is 18.2 Å². The summed E-state index contributed by atoms with van der Waals surface area (Å²) in [5, 5.41) is 18.2. The summed E-state index contributed by atoms with van der Waals surface area (Å²) in [6, 6.07) is 5.26. The van der Waals surface area contributed by atoms with Crippen molar-refractivity contribution in [2.24, 2.45) is 11.7 Å². The summed E-state index contributed by atoms with van der Waals surface area (Å²) in [6.45, 7) is 2.54. The fraction of sp³-hybridized carbons (Fsp3) is 0.455. The van der Waals surface area contributed by atoms with Crippen molar-refractivity contribution < 1.29 is 10.2 Å². The average molecular weight is 195 g/mol. The Morgan fingerprint density at radius 2 is 2.14 bits per heavy atom. The Labute approximate surface area is 84.2 Å². The maximum absolute atomic E-state index is 9.21. The van der Waals surface area contributed by atoms with E-state index in [0.29, 0.717) is 6.54 Å². The molecule has 3 heteroatoms. The Kier molecular flexibility index (Phi) is 3.92. The Balaban J connectivity index is 2.76. The molecule has 0 aliphatic rings. The molecule has 1 unspecified atom stereocenters. The Morgan fingerprint density at radius 3 is 2.64 bits per heavy atom. The van der Waals surface area contributed by atoms with Gasteiger partial charge in [-0.2, -0.15) is 0 Å². The third kappa shape index (κ3) is 2.72. The molecule has 14 heavy (non-hydrogen) atoms. The molecule has 0 spiro atoms. The summed E-state index contributed by atoms with van der Waals surface area (Å²) >= 11 is 0. The Morgan fingerprint density at radius 1 is 1.43 bits per heavy atom. The number of nitrogens with two attached hydrogens (primary N) is 1. The van der Waals surface area contributed by atoms with Crippen LogP contribution in [-0.2, 0) is 6.42 Å². The molecule has 0 aliphatic carbocycles. The van der Waals surface area contributed by atoms with Gasteiger partial charge in [0.05, 0.1) is 0 Å². The number of hydrogen-bond donors (Lipinski definition) is 3. The third-order valence-corrected chi connectivity index (χ3v) is 2.43. The van der Waals surface area contributed by atoms with Gasteiger partial charge in [-0.25, -0.2) is 0 Å². The molecule has 0 fully saturated rings. The topological polar surface area (TPSA) is 66.5 Å². The molecule has 0 saturated heterocycles. The summed E-state index contributed by atoms with van der Waals surface area (Å²) in [5.41, 5.74) is 7.67. The first kappa shape index (κ1) is 11.0. The molecule has 4 N–H and O–H groups in total. The highest BCUT2D eigenvalue weighted by molar-refractivity contribution is 5.34.